The van der Waals surface area contributed by atoms with E-state index in [9.17, 15) is 18.5 Å². The third kappa shape index (κ3) is 4.51. The van der Waals surface area contributed by atoms with Crippen LogP contribution in [-0.4, -0.2) is 43.2 Å². The van der Waals surface area contributed by atoms with Gasteiger partial charge in [-0.25, -0.2) is 8.42 Å². The second kappa shape index (κ2) is 8.72. The summed E-state index contributed by atoms with van der Waals surface area (Å²) in [5.41, 5.74) is 3.26. The zero-order chi connectivity index (χ0) is 20.1. The van der Waals surface area contributed by atoms with Gasteiger partial charge in [0.2, 0.25) is 10.0 Å². The van der Waals surface area contributed by atoms with Gasteiger partial charge in [-0.2, -0.15) is 9.41 Å². The number of nitro groups is 1. The van der Waals surface area contributed by atoms with Crippen LogP contribution < -0.4 is 5.43 Å². The number of nitrogens with one attached hydrogen (secondary N) is 1. The number of anilines is 1. The molecule has 8 nitrogen and oxygen atoms in total. The molecule has 0 unspecified atom stereocenters. The molecule has 0 bridgehead atoms. The average Bonchev–Trinajstić information content (AvgIpc) is 3.24. The maximum Gasteiger partial charge on any atom is 0.295 e. The molecule has 2 aromatic carbocycles. The van der Waals surface area contributed by atoms with Crippen LogP contribution in [0.25, 0.3) is 0 Å². The smallest absolute Gasteiger partial charge is 0.272 e. The number of nitro benzene ring substituents is 1. The molecule has 10 heteroatoms. The van der Waals surface area contributed by atoms with E-state index in [2.05, 4.69) is 10.5 Å². The van der Waals surface area contributed by atoms with Crippen LogP contribution >= 0.6 is 11.8 Å². The van der Waals surface area contributed by atoms with Crippen LogP contribution in [0.3, 0.4) is 0 Å². The molecular formula is C18H20N4O4S2. The Morgan fingerprint density at radius 2 is 1.86 bits per heavy atom. The fraction of sp³-hybridized carbons (Fsp3) is 0.278. The monoisotopic (exact) mass is 420 g/mol. The minimum Gasteiger partial charge on any atom is -0.272 e. The fourth-order valence-electron chi connectivity index (χ4n) is 2.86. The first-order valence-electron chi connectivity index (χ1n) is 8.63. The molecule has 0 amide bonds. The summed E-state index contributed by atoms with van der Waals surface area (Å²) in [6.45, 7) is 0.880. The average molecular weight is 421 g/mol. The zero-order valence-corrected chi connectivity index (χ0v) is 16.9. The highest BCUT2D eigenvalue weighted by Crippen LogP contribution is 2.30. The van der Waals surface area contributed by atoms with E-state index < -0.39 is 14.9 Å². The number of rotatable bonds is 7. The van der Waals surface area contributed by atoms with Crippen molar-refractivity contribution in [2.75, 3.05) is 24.8 Å². The first-order valence-corrected chi connectivity index (χ1v) is 11.3. The molecule has 0 aromatic heterocycles. The van der Waals surface area contributed by atoms with Crippen LogP contribution in [0.4, 0.5) is 11.4 Å². The summed E-state index contributed by atoms with van der Waals surface area (Å²) in [6, 6.07) is 11.5. The summed E-state index contributed by atoms with van der Waals surface area (Å²) >= 11 is 1.63. The predicted molar refractivity (Wildman–Crippen MR) is 111 cm³/mol. The second-order valence-corrected chi connectivity index (χ2v) is 9.01. The van der Waals surface area contributed by atoms with E-state index >= 15 is 0 Å². The van der Waals surface area contributed by atoms with Gasteiger partial charge < -0.3 is 0 Å². The molecule has 2 aromatic rings. The highest BCUT2D eigenvalue weighted by Gasteiger charge is 2.29. The molecule has 1 heterocycles. The molecule has 0 atom stereocenters. The van der Waals surface area contributed by atoms with Gasteiger partial charge in [-0.05, 0) is 48.9 Å². The number of sulfonamides is 1. The molecule has 3 rings (SSSR count). The fourth-order valence-corrected chi connectivity index (χ4v) is 4.81. The maximum atomic E-state index is 12.6. The largest absolute Gasteiger partial charge is 0.295 e. The van der Waals surface area contributed by atoms with Crippen molar-refractivity contribution in [3.05, 3.63) is 58.1 Å². The van der Waals surface area contributed by atoms with E-state index in [1.165, 1.54) is 16.4 Å². The molecule has 28 heavy (non-hydrogen) atoms. The predicted octanol–water partition coefficient (Wildman–Crippen LogP) is 3.55. The van der Waals surface area contributed by atoms with E-state index in [-0.39, 0.29) is 16.3 Å². The Hall–Kier alpha value is -2.43. The van der Waals surface area contributed by atoms with Crippen LogP contribution in [0.2, 0.25) is 0 Å². The van der Waals surface area contributed by atoms with Crippen molar-refractivity contribution in [2.24, 2.45) is 5.10 Å². The Kier molecular flexibility index (Phi) is 6.32. The van der Waals surface area contributed by atoms with Gasteiger partial charge >= 0.3 is 0 Å². The Balaban J connectivity index is 1.81. The normalized spacial score (nSPS) is 15.2. The van der Waals surface area contributed by atoms with Crippen molar-refractivity contribution in [1.82, 2.24) is 4.31 Å². The first-order chi connectivity index (χ1) is 13.4. The standard InChI is InChI=1S/C18H20N4O4S2/c1-27-15-6-4-14(5-7-15)13-19-20-17-9-8-16(12-18(17)22(23)24)28(25,26)21-10-2-3-11-21/h4-9,12-13,20H,2-3,10-11H2,1H3/b19-13-. The van der Waals surface area contributed by atoms with Crippen LogP contribution in [-0.2, 0) is 10.0 Å². The van der Waals surface area contributed by atoms with Gasteiger partial charge in [0, 0.05) is 24.1 Å². The van der Waals surface area contributed by atoms with Gasteiger partial charge in [-0.1, -0.05) is 12.1 Å². The molecule has 148 valence electrons. The Labute approximate surface area is 167 Å². The molecule has 0 spiro atoms. The third-order valence-corrected chi connectivity index (χ3v) is 7.02. The number of hydrogen-bond donors (Lipinski definition) is 1. The highest BCUT2D eigenvalue weighted by molar-refractivity contribution is 7.98. The van der Waals surface area contributed by atoms with Crippen molar-refractivity contribution < 1.29 is 13.3 Å². The lowest BCUT2D eigenvalue weighted by atomic mass is 10.2. The molecule has 1 N–H and O–H groups in total. The van der Waals surface area contributed by atoms with Crippen molar-refractivity contribution in [3.63, 3.8) is 0 Å². The van der Waals surface area contributed by atoms with Crippen LogP contribution in [0.1, 0.15) is 18.4 Å². The minimum absolute atomic E-state index is 0.0803. The van der Waals surface area contributed by atoms with Gasteiger partial charge in [-0.15, -0.1) is 11.8 Å². The molecule has 1 aliphatic heterocycles. The van der Waals surface area contributed by atoms with Gasteiger partial charge in [0.25, 0.3) is 5.69 Å². The second-order valence-electron chi connectivity index (χ2n) is 6.19. The summed E-state index contributed by atoms with van der Waals surface area (Å²) in [6.07, 6.45) is 5.13. The Morgan fingerprint density at radius 3 is 2.46 bits per heavy atom. The van der Waals surface area contributed by atoms with Gasteiger partial charge in [0.05, 0.1) is 16.0 Å². The number of thioether (sulfide) groups is 1. The lowest BCUT2D eigenvalue weighted by molar-refractivity contribution is -0.384. The zero-order valence-electron chi connectivity index (χ0n) is 15.2. The lowest BCUT2D eigenvalue weighted by Gasteiger charge is -2.15. The third-order valence-electron chi connectivity index (χ3n) is 4.38. The highest BCUT2D eigenvalue weighted by atomic mass is 32.2. The summed E-state index contributed by atoms with van der Waals surface area (Å²) in [5, 5.41) is 15.5. The van der Waals surface area contributed by atoms with E-state index in [0.717, 1.165) is 29.4 Å². The number of hydrogen-bond acceptors (Lipinski definition) is 7. The molecule has 1 fully saturated rings. The number of nitrogens with zero attached hydrogens (tertiary/aromatic N) is 3. The summed E-state index contributed by atoms with van der Waals surface area (Å²) in [4.78, 5) is 11.9. The van der Waals surface area contributed by atoms with Crippen LogP contribution in [0, 0.1) is 10.1 Å². The van der Waals surface area contributed by atoms with Crippen LogP contribution in [0.5, 0.6) is 0 Å². The quantitative estimate of drug-likeness (QED) is 0.318. The summed E-state index contributed by atoms with van der Waals surface area (Å²) < 4.78 is 26.6. The molecule has 0 saturated carbocycles. The molecular weight excluding hydrogens is 400 g/mol. The number of hydrazone groups is 1. The Morgan fingerprint density at radius 1 is 1.18 bits per heavy atom. The van der Waals surface area contributed by atoms with Crippen molar-refractivity contribution in [1.29, 1.82) is 0 Å². The van der Waals surface area contributed by atoms with E-state index in [1.807, 2.05) is 30.5 Å². The van der Waals surface area contributed by atoms with Crippen molar-refractivity contribution >= 4 is 39.4 Å². The summed E-state index contributed by atoms with van der Waals surface area (Å²) in [5.74, 6) is 0. The van der Waals surface area contributed by atoms with E-state index in [4.69, 9.17) is 0 Å². The van der Waals surface area contributed by atoms with Gasteiger partial charge in [-0.3, -0.25) is 15.5 Å². The van der Waals surface area contributed by atoms with Crippen LogP contribution in [0.15, 0.2) is 57.4 Å². The number of benzene rings is 2. The topological polar surface area (TPSA) is 105 Å². The summed E-state index contributed by atoms with van der Waals surface area (Å²) in [7, 11) is -3.72. The van der Waals surface area contributed by atoms with Crippen molar-refractivity contribution in [3.8, 4) is 0 Å². The van der Waals surface area contributed by atoms with E-state index in [0.29, 0.717) is 13.1 Å². The maximum absolute atomic E-state index is 12.6. The molecule has 0 aliphatic carbocycles. The van der Waals surface area contributed by atoms with Crippen molar-refractivity contribution in [2.45, 2.75) is 22.6 Å². The lowest BCUT2D eigenvalue weighted by Crippen LogP contribution is -2.27. The van der Waals surface area contributed by atoms with Gasteiger partial charge in [0.15, 0.2) is 0 Å². The minimum atomic E-state index is -3.72. The molecule has 0 radical (unpaired) electrons. The van der Waals surface area contributed by atoms with E-state index in [1.54, 1.807) is 18.0 Å². The van der Waals surface area contributed by atoms with Gasteiger partial charge in [0.1, 0.15) is 5.69 Å². The first kappa shape index (κ1) is 20.3. The SMILES string of the molecule is CSc1ccc(/C=N\Nc2ccc(S(=O)(=O)N3CCCC3)cc2[N+](=O)[O-])cc1. The molecule has 1 saturated heterocycles. The Bertz CT molecular complexity index is 985. The molecule has 1 aliphatic rings.